The molecule has 0 bridgehead atoms. The van der Waals surface area contributed by atoms with Gasteiger partial charge in [0.1, 0.15) is 11.3 Å². The second-order valence-electron chi connectivity index (χ2n) is 5.45. The first-order valence-electron chi connectivity index (χ1n) is 8.39. The van der Waals surface area contributed by atoms with Crippen LogP contribution in [-0.4, -0.2) is 48.6 Å². The Bertz CT molecular complexity index is 751. The topological polar surface area (TPSA) is 74.4 Å². The van der Waals surface area contributed by atoms with Gasteiger partial charge in [-0.05, 0) is 38.2 Å². The number of benzene rings is 1. The molecule has 0 aliphatic carbocycles. The van der Waals surface area contributed by atoms with Crippen LogP contribution in [0.1, 0.15) is 31.1 Å². The number of hydrogen-bond acceptors (Lipinski definition) is 4. The van der Waals surface area contributed by atoms with E-state index in [2.05, 4.69) is 29.0 Å². The summed E-state index contributed by atoms with van der Waals surface area (Å²) in [4.78, 5) is 30.1. The van der Waals surface area contributed by atoms with Crippen LogP contribution < -0.4 is 15.5 Å². The Balaban J connectivity index is 2.17. The van der Waals surface area contributed by atoms with E-state index in [1.54, 1.807) is 18.2 Å². The van der Waals surface area contributed by atoms with Gasteiger partial charge in [-0.3, -0.25) is 9.59 Å². The molecule has 6 heteroatoms. The van der Waals surface area contributed by atoms with Gasteiger partial charge in [0.25, 0.3) is 5.91 Å². The van der Waals surface area contributed by atoms with Gasteiger partial charge in [-0.2, -0.15) is 0 Å². The van der Waals surface area contributed by atoms with E-state index in [1.165, 1.54) is 6.20 Å². The predicted octanol–water partition coefficient (Wildman–Crippen LogP) is 2.00. The zero-order chi connectivity index (χ0) is 17.5. The Labute approximate surface area is 141 Å². The molecule has 1 amide bonds. The standard InChI is InChI=1S/C18H25N3O3/c1-4-21(5-2)10-9-19-18(23)15-12-20-16-8-7-13(24-6-3)11-14(16)17(15)22/h7-8,11-12H,4-6,9-10H2,1-3H3,(H,19,23)(H,20,22). The van der Waals surface area contributed by atoms with E-state index in [0.29, 0.717) is 29.8 Å². The van der Waals surface area contributed by atoms with Gasteiger partial charge < -0.3 is 19.9 Å². The first-order chi connectivity index (χ1) is 11.6. The van der Waals surface area contributed by atoms with Gasteiger partial charge in [0.15, 0.2) is 0 Å². The zero-order valence-corrected chi connectivity index (χ0v) is 14.5. The number of likely N-dealkylation sites (N-methyl/N-ethyl adjacent to an activating group) is 1. The lowest BCUT2D eigenvalue weighted by Gasteiger charge is -2.17. The molecule has 1 heterocycles. The van der Waals surface area contributed by atoms with Gasteiger partial charge in [-0.1, -0.05) is 13.8 Å². The summed E-state index contributed by atoms with van der Waals surface area (Å²) in [7, 11) is 0. The number of hydrogen-bond donors (Lipinski definition) is 2. The van der Waals surface area contributed by atoms with Crippen molar-refractivity contribution in [2.24, 2.45) is 0 Å². The number of pyridine rings is 1. The number of fused-ring (bicyclic) bond motifs is 1. The molecule has 0 aliphatic rings. The van der Waals surface area contributed by atoms with Crippen molar-refractivity contribution in [2.45, 2.75) is 20.8 Å². The molecular formula is C18H25N3O3. The van der Waals surface area contributed by atoms with Crippen molar-refractivity contribution in [2.75, 3.05) is 32.8 Å². The fraction of sp³-hybridized carbons (Fsp3) is 0.444. The summed E-state index contributed by atoms with van der Waals surface area (Å²) < 4.78 is 5.43. The Kier molecular flexibility index (Phi) is 6.37. The number of rotatable bonds is 8. The second kappa shape index (κ2) is 8.49. The molecule has 2 aromatic rings. The lowest BCUT2D eigenvalue weighted by molar-refractivity contribution is 0.0947. The molecule has 1 aromatic heterocycles. The van der Waals surface area contributed by atoms with Gasteiger partial charge in [-0.15, -0.1) is 0 Å². The number of amides is 1. The molecule has 0 saturated carbocycles. The van der Waals surface area contributed by atoms with Crippen LogP contribution in [0.5, 0.6) is 5.75 Å². The van der Waals surface area contributed by atoms with E-state index in [0.717, 1.165) is 19.6 Å². The smallest absolute Gasteiger partial charge is 0.256 e. The van der Waals surface area contributed by atoms with Crippen LogP contribution in [-0.2, 0) is 0 Å². The third kappa shape index (κ3) is 4.14. The van der Waals surface area contributed by atoms with Gasteiger partial charge in [-0.25, -0.2) is 0 Å². The van der Waals surface area contributed by atoms with Crippen molar-refractivity contribution in [3.63, 3.8) is 0 Å². The van der Waals surface area contributed by atoms with Crippen LogP contribution in [0.3, 0.4) is 0 Å². The van der Waals surface area contributed by atoms with E-state index in [9.17, 15) is 9.59 Å². The summed E-state index contributed by atoms with van der Waals surface area (Å²) in [5.74, 6) is 0.265. The number of carbonyl (C=O) groups excluding carboxylic acids is 1. The monoisotopic (exact) mass is 331 g/mol. The maximum Gasteiger partial charge on any atom is 0.256 e. The highest BCUT2D eigenvalue weighted by atomic mass is 16.5. The molecule has 0 atom stereocenters. The first-order valence-corrected chi connectivity index (χ1v) is 8.39. The summed E-state index contributed by atoms with van der Waals surface area (Å²) in [6.07, 6.45) is 1.47. The van der Waals surface area contributed by atoms with E-state index in [4.69, 9.17) is 4.74 Å². The SMILES string of the molecule is CCOc1ccc2[nH]cc(C(=O)NCCN(CC)CC)c(=O)c2c1. The minimum Gasteiger partial charge on any atom is -0.494 e. The van der Waals surface area contributed by atoms with Gasteiger partial charge in [0, 0.05) is 30.2 Å². The third-order valence-corrected chi connectivity index (χ3v) is 4.02. The van der Waals surface area contributed by atoms with Crippen LogP contribution in [0.25, 0.3) is 10.9 Å². The molecule has 0 unspecified atom stereocenters. The Hall–Kier alpha value is -2.34. The van der Waals surface area contributed by atoms with Crippen LogP contribution in [0.15, 0.2) is 29.2 Å². The maximum absolute atomic E-state index is 12.6. The van der Waals surface area contributed by atoms with E-state index >= 15 is 0 Å². The molecule has 6 nitrogen and oxygen atoms in total. The number of ether oxygens (including phenoxy) is 1. The summed E-state index contributed by atoms with van der Waals surface area (Å²) in [6, 6.07) is 5.25. The number of nitrogens with zero attached hydrogens (tertiary/aromatic N) is 1. The average Bonchev–Trinajstić information content (AvgIpc) is 2.59. The van der Waals surface area contributed by atoms with Crippen molar-refractivity contribution in [3.05, 3.63) is 40.2 Å². The van der Waals surface area contributed by atoms with Crippen molar-refractivity contribution in [1.29, 1.82) is 0 Å². The Morgan fingerprint density at radius 1 is 1.25 bits per heavy atom. The molecular weight excluding hydrogens is 306 g/mol. The molecule has 24 heavy (non-hydrogen) atoms. The number of aromatic nitrogens is 1. The minimum absolute atomic E-state index is 0.121. The Morgan fingerprint density at radius 3 is 2.67 bits per heavy atom. The molecule has 2 rings (SSSR count). The van der Waals surface area contributed by atoms with Crippen molar-refractivity contribution >= 4 is 16.8 Å². The fourth-order valence-corrected chi connectivity index (χ4v) is 2.59. The molecule has 0 saturated heterocycles. The highest BCUT2D eigenvalue weighted by Crippen LogP contribution is 2.17. The average molecular weight is 331 g/mol. The van der Waals surface area contributed by atoms with E-state index in [1.807, 2.05) is 6.92 Å². The normalized spacial score (nSPS) is 11.0. The van der Waals surface area contributed by atoms with Crippen molar-refractivity contribution in [3.8, 4) is 5.75 Å². The highest BCUT2D eigenvalue weighted by molar-refractivity contribution is 5.97. The summed E-state index contributed by atoms with van der Waals surface area (Å²) in [5.41, 5.74) is 0.518. The van der Waals surface area contributed by atoms with Gasteiger partial charge in [0.2, 0.25) is 5.43 Å². The maximum atomic E-state index is 12.6. The second-order valence-corrected chi connectivity index (χ2v) is 5.45. The van der Waals surface area contributed by atoms with E-state index < -0.39 is 0 Å². The summed E-state index contributed by atoms with van der Waals surface area (Å²) in [5, 5.41) is 3.27. The first kappa shape index (κ1) is 18.0. The van der Waals surface area contributed by atoms with Gasteiger partial charge >= 0.3 is 0 Å². The summed E-state index contributed by atoms with van der Waals surface area (Å²) >= 11 is 0. The Morgan fingerprint density at radius 2 is 2.00 bits per heavy atom. The van der Waals surface area contributed by atoms with E-state index in [-0.39, 0.29) is 16.9 Å². The molecule has 1 aromatic carbocycles. The quantitative estimate of drug-likeness (QED) is 0.776. The minimum atomic E-state index is -0.355. The molecule has 0 radical (unpaired) electrons. The number of H-pyrrole nitrogens is 1. The largest absolute Gasteiger partial charge is 0.494 e. The lowest BCUT2D eigenvalue weighted by Crippen LogP contribution is -2.36. The summed E-state index contributed by atoms with van der Waals surface area (Å²) in [6.45, 7) is 9.70. The molecule has 2 N–H and O–H groups in total. The lowest BCUT2D eigenvalue weighted by atomic mass is 10.1. The van der Waals surface area contributed by atoms with Crippen LogP contribution in [0.4, 0.5) is 0 Å². The third-order valence-electron chi connectivity index (χ3n) is 4.02. The number of carbonyl (C=O) groups is 1. The molecule has 0 aliphatic heterocycles. The van der Waals surface area contributed by atoms with Crippen molar-refractivity contribution < 1.29 is 9.53 Å². The molecule has 0 spiro atoms. The predicted molar refractivity (Wildman–Crippen MR) is 95.9 cm³/mol. The fourth-order valence-electron chi connectivity index (χ4n) is 2.59. The van der Waals surface area contributed by atoms with Gasteiger partial charge in [0.05, 0.1) is 6.61 Å². The molecule has 130 valence electrons. The number of nitrogens with one attached hydrogen (secondary N) is 2. The van der Waals surface area contributed by atoms with Crippen LogP contribution in [0.2, 0.25) is 0 Å². The van der Waals surface area contributed by atoms with Crippen molar-refractivity contribution in [1.82, 2.24) is 15.2 Å². The zero-order valence-electron chi connectivity index (χ0n) is 14.5. The number of aromatic amines is 1. The van der Waals surface area contributed by atoms with Crippen LogP contribution in [0, 0.1) is 0 Å². The highest BCUT2D eigenvalue weighted by Gasteiger charge is 2.13. The van der Waals surface area contributed by atoms with Crippen LogP contribution >= 0.6 is 0 Å². The molecule has 0 fully saturated rings.